The lowest BCUT2D eigenvalue weighted by Crippen LogP contribution is -2.58. The summed E-state index contributed by atoms with van der Waals surface area (Å²) in [7, 11) is 0. The van der Waals surface area contributed by atoms with Gasteiger partial charge in [0.2, 0.25) is 17.7 Å². The molecule has 0 radical (unpaired) electrons. The lowest BCUT2D eigenvalue weighted by atomic mass is 9.67. The molecule has 3 amide bonds. The van der Waals surface area contributed by atoms with E-state index in [1.165, 1.54) is 32.6 Å². The molecule has 0 bridgehead atoms. The number of carbonyl (C=O) groups excluding carboxylic acids is 3. The van der Waals surface area contributed by atoms with Crippen LogP contribution in [0.5, 0.6) is 0 Å². The summed E-state index contributed by atoms with van der Waals surface area (Å²) in [5, 5.41) is 2.92. The number of amides is 3. The number of benzene rings is 1. The predicted octanol–water partition coefficient (Wildman–Crippen LogP) is 4.55. The Balaban J connectivity index is 1.34. The van der Waals surface area contributed by atoms with Crippen LogP contribution < -0.4 is 5.32 Å². The van der Waals surface area contributed by atoms with Gasteiger partial charge in [0.05, 0.1) is 5.41 Å². The van der Waals surface area contributed by atoms with Crippen molar-refractivity contribution in [2.24, 2.45) is 11.8 Å². The van der Waals surface area contributed by atoms with Gasteiger partial charge in [-0.1, -0.05) is 19.9 Å². The minimum atomic E-state index is -0.514. The minimum Gasteiger partial charge on any atom is -0.341 e. The second-order valence-electron chi connectivity index (χ2n) is 12.5. The fraction of sp³-hybridized carbons (Fsp3) is 0.710. The van der Waals surface area contributed by atoms with Crippen LogP contribution >= 0.6 is 0 Å². The molecule has 1 saturated carbocycles. The van der Waals surface area contributed by atoms with Gasteiger partial charge in [0.25, 0.3) is 0 Å². The van der Waals surface area contributed by atoms with Crippen molar-refractivity contribution in [1.29, 1.82) is 0 Å². The van der Waals surface area contributed by atoms with Crippen LogP contribution in [0.3, 0.4) is 0 Å². The molecule has 4 aliphatic rings. The maximum atomic E-state index is 14.2. The smallest absolute Gasteiger partial charge is 0.233 e. The second kappa shape index (κ2) is 11.4. The molecule has 0 atom stereocenters. The normalized spacial score (nSPS) is 26.1. The molecule has 1 N–H and O–H groups in total. The van der Waals surface area contributed by atoms with E-state index in [2.05, 4.69) is 36.2 Å². The number of nitrogens with one attached hydrogen (secondary N) is 1. The summed E-state index contributed by atoms with van der Waals surface area (Å²) < 4.78 is 0. The topological polar surface area (TPSA) is 73.0 Å². The van der Waals surface area contributed by atoms with Crippen molar-refractivity contribution in [2.75, 3.05) is 38.0 Å². The molecule has 1 aromatic carbocycles. The van der Waals surface area contributed by atoms with E-state index in [0.717, 1.165) is 74.0 Å². The van der Waals surface area contributed by atoms with Gasteiger partial charge >= 0.3 is 0 Å². The fourth-order valence-electron chi connectivity index (χ4n) is 7.58. The molecule has 7 heteroatoms. The zero-order valence-electron chi connectivity index (χ0n) is 23.6. The molecule has 0 unspecified atom stereocenters. The zero-order valence-corrected chi connectivity index (χ0v) is 23.6. The Morgan fingerprint density at radius 1 is 1.00 bits per heavy atom. The molecule has 38 heavy (non-hydrogen) atoms. The number of piperidine rings is 2. The van der Waals surface area contributed by atoms with Crippen LogP contribution in [0.15, 0.2) is 18.2 Å². The quantitative estimate of drug-likeness (QED) is 0.595. The van der Waals surface area contributed by atoms with E-state index in [1.54, 1.807) is 0 Å². The highest BCUT2D eigenvalue weighted by Gasteiger charge is 2.49. The highest BCUT2D eigenvalue weighted by Crippen LogP contribution is 2.45. The number of likely N-dealkylation sites (tertiary alicyclic amines) is 2. The van der Waals surface area contributed by atoms with Crippen molar-refractivity contribution in [2.45, 2.75) is 96.6 Å². The van der Waals surface area contributed by atoms with E-state index in [0.29, 0.717) is 32.1 Å². The van der Waals surface area contributed by atoms with Gasteiger partial charge in [-0.15, -0.1) is 0 Å². The Hall–Kier alpha value is -2.41. The van der Waals surface area contributed by atoms with Crippen LogP contribution in [0.2, 0.25) is 0 Å². The molecule has 208 valence electrons. The molecule has 1 aromatic rings. The van der Waals surface area contributed by atoms with Gasteiger partial charge in [-0.3, -0.25) is 14.4 Å². The number of hydrogen-bond donors (Lipinski definition) is 1. The average molecular weight is 523 g/mol. The minimum absolute atomic E-state index is 0.0903. The highest BCUT2D eigenvalue weighted by atomic mass is 16.2. The van der Waals surface area contributed by atoms with Gasteiger partial charge in [0, 0.05) is 51.3 Å². The van der Waals surface area contributed by atoms with Crippen LogP contribution in [-0.4, -0.2) is 71.2 Å². The monoisotopic (exact) mass is 522 g/mol. The standard InChI is InChI=1S/C31H46N4O3/c1-22(2)24-7-10-27(11-8-24)33-16-13-31(14-17-33)28-12-9-26(32-23(3)36)20-25(28)21-35(30(31)38)19-18-34-15-5-4-6-29(34)37/h9,12,20,22,24,27H,4-8,10-11,13-19,21H2,1-3H3,(H,32,36)/t24-,27+. The third-order valence-electron chi connectivity index (χ3n) is 9.91. The van der Waals surface area contributed by atoms with E-state index >= 15 is 0 Å². The van der Waals surface area contributed by atoms with E-state index < -0.39 is 5.41 Å². The molecular weight excluding hydrogens is 476 g/mol. The van der Waals surface area contributed by atoms with E-state index in [9.17, 15) is 14.4 Å². The Labute approximate surface area is 228 Å². The molecule has 7 nitrogen and oxygen atoms in total. The number of rotatable bonds is 6. The number of anilines is 1. The second-order valence-corrected chi connectivity index (χ2v) is 12.5. The third-order valence-corrected chi connectivity index (χ3v) is 9.91. The SMILES string of the molecule is CC(=O)Nc1ccc2c(c1)CN(CCN1CCCCC1=O)C(=O)C21CCN([C@H]2CC[C@@H](C(C)C)CC2)CC1. The first-order valence-corrected chi connectivity index (χ1v) is 15.0. The molecule has 1 spiro atoms. The zero-order chi connectivity index (χ0) is 26.9. The first-order valence-electron chi connectivity index (χ1n) is 15.0. The van der Waals surface area contributed by atoms with E-state index in [4.69, 9.17) is 0 Å². The molecule has 5 rings (SSSR count). The Morgan fingerprint density at radius 3 is 2.37 bits per heavy atom. The average Bonchev–Trinajstić information content (AvgIpc) is 2.91. The molecule has 0 aromatic heterocycles. The molecule has 3 fully saturated rings. The summed E-state index contributed by atoms with van der Waals surface area (Å²) in [5.41, 5.74) is 2.54. The molecular formula is C31H46N4O3. The van der Waals surface area contributed by atoms with Crippen molar-refractivity contribution in [3.05, 3.63) is 29.3 Å². The highest BCUT2D eigenvalue weighted by molar-refractivity contribution is 5.92. The number of carbonyl (C=O) groups is 3. The lowest BCUT2D eigenvalue weighted by molar-refractivity contribution is -0.144. The molecule has 2 saturated heterocycles. The van der Waals surface area contributed by atoms with Gasteiger partial charge in [-0.2, -0.15) is 0 Å². The Kier molecular flexibility index (Phi) is 8.13. The number of fused-ring (bicyclic) bond motifs is 2. The van der Waals surface area contributed by atoms with Crippen molar-refractivity contribution in [3.63, 3.8) is 0 Å². The summed E-state index contributed by atoms with van der Waals surface area (Å²) in [6.07, 6.45) is 9.49. The van der Waals surface area contributed by atoms with Crippen LogP contribution in [-0.2, 0) is 26.3 Å². The first-order chi connectivity index (χ1) is 18.3. The predicted molar refractivity (Wildman–Crippen MR) is 150 cm³/mol. The summed E-state index contributed by atoms with van der Waals surface area (Å²) >= 11 is 0. The number of hydrogen-bond acceptors (Lipinski definition) is 4. The first kappa shape index (κ1) is 27.2. The Bertz CT molecular complexity index is 1040. The van der Waals surface area contributed by atoms with Crippen LogP contribution in [0.4, 0.5) is 5.69 Å². The van der Waals surface area contributed by atoms with E-state index in [-0.39, 0.29) is 17.7 Å². The summed E-state index contributed by atoms with van der Waals surface area (Å²) in [6, 6.07) is 6.75. The van der Waals surface area contributed by atoms with Crippen molar-refractivity contribution >= 4 is 23.4 Å². The largest absolute Gasteiger partial charge is 0.341 e. The molecule has 3 aliphatic heterocycles. The maximum Gasteiger partial charge on any atom is 0.233 e. The summed E-state index contributed by atoms with van der Waals surface area (Å²) in [6.45, 7) is 10.6. The fourth-order valence-corrected chi connectivity index (χ4v) is 7.58. The van der Waals surface area contributed by atoms with Crippen LogP contribution in [0.25, 0.3) is 0 Å². The molecule has 1 aliphatic carbocycles. The third kappa shape index (κ3) is 5.49. The lowest BCUT2D eigenvalue weighted by Gasteiger charge is -2.50. The summed E-state index contributed by atoms with van der Waals surface area (Å²) in [4.78, 5) is 44.9. The maximum absolute atomic E-state index is 14.2. The van der Waals surface area contributed by atoms with Gasteiger partial charge in [0.15, 0.2) is 0 Å². The van der Waals surface area contributed by atoms with Crippen LogP contribution in [0.1, 0.15) is 89.7 Å². The Morgan fingerprint density at radius 2 is 1.71 bits per heavy atom. The van der Waals surface area contributed by atoms with Gasteiger partial charge < -0.3 is 20.0 Å². The van der Waals surface area contributed by atoms with Crippen molar-refractivity contribution < 1.29 is 14.4 Å². The van der Waals surface area contributed by atoms with Gasteiger partial charge in [-0.25, -0.2) is 0 Å². The van der Waals surface area contributed by atoms with Crippen molar-refractivity contribution in [3.8, 4) is 0 Å². The van der Waals surface area contributed by atoms with Gasteiger partial charge in [-0.05, 0) is 99.6 Å². The van der Waals surface area contributed by atoms with Crippen LogP contribution in [0, 0.1) is 11.8 Å². The number of nitrogens with zero attached hydrogens (tertiary/aromatic N) is 3. The van der Waals surface area contributed by atoms with Gasteiger partial charge in [0.1, 0.15) is 0 Å². The van der Waals surface area contributed by atoms with Crippen molar-refractivity contribution in [1.82, 2.24) is 14.7 Å². The molecule has 3 heterocycles. The van der Waals surface area contributed by atoms with E-state index in [1.807, 2.05) is 15.9 Å². The summed E-state index contributed by atoms with van der Waals surface area (Å²) in [5.74, 6) is 1.97.